The minimum absolute atomic E-state index is 0.0752. The van der Waals surface area contributed by atoms with Crippen molar-refractivity contribution in [2.24, 2.45) is 10.8 Å². The molecule has 0 aromatic carbocycles. The molecule has 0 amide bonds. The van der Waals surface area contributed by atoms with E-state index in [1.54, 1.807) is 0 Å². The quantitative estimate of drug-likeness (QED) is 0.612. The van der Waals surface area contributed by atoms with E-state index in [0.29, 0.717) is 10.8 Å². The number of hydrogen-bond donors (Lipinski definition) is 1. The fourth-order valence-corrected chi connectivity index (χ4v) is 2.79. The van der Waals surface area contributed by atoms with Gasteiger partial charge in [0.1, 0.15) is 0 Å². The smallest absolute Gasteiger partial charge is 0.0550 e. The summed E-state index contributed by atoms with van der Waals surface area (Å²) >= 11 is 0. The first kappa shape index (κ1) is 13.0. The van der Waals surface area contributed by atoms with Gasteiger partial charge in [-0.15, -0.1) is 0 Å². The lowest BCUT2D eigenvalue weighted by atomic mass is 9.64. The molecule has 1 aliphatic carbocycles. The van der Waals surface area contributed by atoms with E-state index in [0.717, 1.165) is 12.8 Å². The van der Waals surface area contributed by atoms with Crippen LogP contribution in [0, 0.1) is 10.8 Å². The average Bonchev–Trinajstić information content (AvgIpc) is 1.82. The van der Waals surface area contributed by atoms with Gasteiger partial charge in [0.15, 0.2) is 0 Å². The maximum absolute atomic E-state index is 9.58. The van der Waals surface area contributed by atoms with Crippen molar-refractivity contribution in [1.82, 2.24) is 0 Å². The van der Waals surface area contributed by atoms with Crippen molar-refractivity contribution < 1.29 is 5.11 Å². The monoisotopic (exact) mass is 186 g/mol. The maximum atomic E-state index is 9.58. The van der Waals surface area contributed by atoms with E-state index in [1.807, 2.05) is 13.8 Å². The molecule has 80 valence electrons. The lowest BCUT2D eigenvalue weighted by molar-refractivity contribution is -0.000553. The summed E-state index contributed by atoms with van der Waals surface area (Å²) in [5, 5.41) is 9.58. The number of hydrogen-bond acceptors (Lipinski definition) is 1. The van der Waals surface area contributed by atoms with Crippen molar-refractivity contribution in [2.75, 3.05) is 0 Å². The highest BCUT2D eigenvalue weighted by molar-refractivity contribution is 4.88. The molecule has 0 heterocycles. The average molecular weight is 186 g/mol. The van der Waals surface area contributed by atoms with E-state index in [4.69, 9.17) is 0 Å². The van der Waals surface area contributed by atoms with E-state index in [-0.39, 0.29) is 6.10 Å². The van der Waals surface area contributed by atoms with E-state index >= 15 is 0 Å². The predicted octanol–water partition coefficient (Wildman–Crippen LogP) is 3.61. The summed E-state index contributed by atoms with van der Waals surface area (Å²) in [5.74, 6) is 0. The summed E-state index contributed by atoms with van der Waals surface area (Å²) in [6.45, 7) is 13.0. The molecule has 0 aromatic heterocycles. The zero-order valence-electron chi connectivity index (χ0n) is 10.1. The summed E-state index contributed by atoms with van der Waals surface area (Å²) in [6.07, 6.45) is 3.10. The fourth-order valence-electron chi connectivity index (χ4n) is 2.79. The van der Waals surface area contributed by atoms with Crippen molar-refractivity contribution >= 4 is 0 Å². The molecule has 0 saturated heterocycles. The molecule has 1 rings (SSSR count). The first-order chi connectivity index (χ1) is 5.81. The Balaban J connectivity index is 0.000000671. The molecule has 0 atom stereocenters. The summed E-state index contributed by atoms with van der Waals surface area (Å²) in [6, 6.07) is 0. The van der Waals surface area contributed by atoms with Crippen LogP contribution in [0.3, 0.4) is 0 Å². The Bertz CT molecular complexity index is 131. The number of aliphatic hydroxyl groups excluding tert-OH is 1. The fraction of sp³-hybridized carbons (Fsp3) is 1.00. The van der Waals surface area contributed by atoms with Gasteiger partial charge in [0, 0.05) is 0 Å². The Morgan fingerprint density at radius 3 is 1.46 bits per heavy atom. The lowest BCUT2D eigenvalue weighted by Crippen LogP contribution is -2.36. The third kappa shape index (κ3) is 4.66. The molecule has 1 aliphatic rings. The van der Waals surface area contributed by atoms with Crippen LogP contribution in [0.5, 0.6) is 0 Å². The van der Waals surface area contributed by atoms with Crippen LogP contribution >= 0.6 is 0 Å². The highest BCUT2D eigenvalue weighted by atomic mass is 16.3. The third-order valence-electron chi connectivity index (χ3n) is 2.53. The molecule has 0 aliphatic heterocycles. The highest BCUT2D eigenvalue weighted by Crippen LogP contribution is 2.45. The number of rotatable bonds is 0. The maximum Gasteiger partial charge on any atom is 0.0550 e. The van der Waals surface area contributed by atoms with Gasteiger partial charge in [-0.1, -0.05) is 41.5 Å². The third-order valence-corrected chi connectivity index (χ3v) is 2.53. The second-order valence-electron chi connectivity index (χ2n) is 5.57. The van der Waals surface area contributed by atoms with Gasteiger partial charge in [-0.2, -0.15) is 0 Å². The van der Waals surface area contributed by atoms with Gasteiger partial charge in [-0.25, -0.2) is 0 Å². The van der Waals surface area contributed by atoms with Crippen LogP contribution in [0.15, 0.2) is 0 Å². The van der Waals surface area contributed by atoms with Gasteiger partial charge >= 0.3 is 0 Å². The van der Waals surface area contributed by atoms with Crippen LogP contribution in [-0.2, 0) is 0 Å². The summed E-state index contributed by atoms with van der Waals surface area (Å²) in [5.41, 5.74) is 0.669. The van der Waals surface area contributed by atoms with Gasteiger partial charge in [0.05, 0.1) is 6.10 Å². The minimum Gasteiger partial charge on any atom is -0.393 e. The van der Waals surface area contributed by atoms with Crippen LogP contribution in [-0.4, -0.2) is 11.2 Å². The van der Waals surface area contributed by atoms with Crippen LogP contribution in [0.25, 0.3) is 0 Å². The summed E-state index contributed by atoms with van der Waals surface area (Å²) < 4.78 is 0. The minimum atomic E-state index is -0.0752. The van der Waals surface area contributed by atoms with Crippen molar-refractivity contribution in [1.29, 1.82) is 0 Å². The number of aliphatic hydroxyl groups is 1. The van der Waals surface area contributed by atoms with E-state index < -0.39 is 0 Å². The van der Waals surface area contributed by atoms with Crippen molar-refractivity contribution in [3.63, 3.8) is 0 Å². The Kier molecular flexibility index (Phi) is 4.44. The highest BCUT2D eigenvalue weighted by Gasteiger charge is 2.37. The van der Waals surface area contributed by atoms with Crippen molar-refractivity contribution in [3.8, 4) is 0 Å². The molecule has 0 spiro atoms. The SMILES string of the molecule is CC.CC1(C)CC(O)CC(C)(C)C1. The molecule has 1 fully saturated rings. The molecule has 0 bridgehead atoms. The molecule has 0 unspecified atom stereocenters. The molecule has 13 heavy (non-hydrogen) atoms. The van der Waals surface area contributed by atoms with Crippen LogP contribution in [0.2, 0.25) is 0 Å². The predicted molar refractivity (Wildman–Crippen MR) is 58.8 cm³/mol. The molecule has 0 radical (unpaired) electrons. The first-order valence-corrected chi connectivity index (χ1v) is 5.49. The Morgan fingerprint density at radius 2 is 1.23 bits per heavy atom. The molecule has 1 heteroatoms. The van der Waals surface area contributed by atoms with Crippen LogP contribution in [0.1, 0.15) is 60.8 Å². The summed E-state index contributed by atoms with van der Waals surface area (Å²) in [7, 11) is 0. The van der Waals surface area contributed by atoms with Crippen molar-refractivity contribution in [2.45, 2.75) is 66.9 Å². The topological polar surface area (TPSA) is 20.2 Å². The largest absolute Gasteiger partial charge is 0.393 e. The Labute approximate surface area is 83.5 Å². The molecule has 1 N–H and O–H groups in total. The zero-order chi connectivity index (χ0) is 10.7. The van der Waals surface area contributed by atoms with E-state index in [1.165, 1.54) is 6.42 Å². The standard InChI is InChI=1S/C10H20O.C2H6/c1-9(2)5-8(11)6-10(3,4)7-9;1-2/h8,11H,5-7H2,1-4H3;1-2H3. The van der Waals surface area contributed by atoms with Gasteiger partial charge in [-0.3, -0.25) is 0 Å². The summed E-state index contributed by atoms with van der Waals surface area (Å²) in [4.78, 5) is 0. The van der Waals surface area contributed by atoms with E-state index in [9.17, 15) is 5.11 Å². The molecular formula is C12H26O. The second kappa shape index (κ2) is 4.45. The van der Waals surface area contributed by atoms with Gasteiger partial charge in [0.2, 0.25) is 0 Å². The van der Waals surface area contributed by atoms with Gasteiger partial charge in [-0.05, 0) is 30.1 Å². The Morgan fingerprint density at radius 1 is 0.923 bits per heavy atom. The normalized spacial score (nSPS) is 26.1. The second-order valence-corrected chi connectivity index (χ2v) is 5.57. The Hall–Kier alpha value is -0.0400. The molecule has 1 saturated carbocycles. The van der Waals surface area contributed by atoms with Gasteiger partial charge in [0.25, 0.3) is 0 Å². The lowest BCUT2D eigenvalue weighted by Gasteiger charge is -2.43. The zero-order valence-corrected chi connectivity index (χ0v) is 10.1. The first-order valence-electron chi connectivity index (χ1n) is 5.49. The molecular weight excluding hydrogens is 160 g/mol. The van der Waals surface area contributed by atoms with E-state index in [2.05, 4.69) is 27.7 Å². The molecule has 0 aromatic rings. The van der Waals surface area contributed by atoms with Gasteiger partial charge < -0.3 is 5.11 Å². The van der Waals surface area contributed by atoms with Crippen LogP contribution < -0.4 is 0 Å². The molecule has 1 nitrogen and oxygen atoms in total. The van der Waals surface area contributed by atoms with Crippen LogP contribution in [0.4, 0.5) is 0 Å². The van der Waals surface area contributed by atoms with Crippen molar-refractivity contribution in [3.05, 3.63) is 0 Å².